The normalized spacial score (nSPS) is 16.6. The molecule has 4 aromatic rings. The number of amides is 6. The molecule has 3 aliphatic rings. The highest BCUT2D eigenvalue weighted by atomic mass is 33.1. The van der Waals surface area contributed by atoms with Crippen molar-refractivity contribution in [3.8, 4) is 11.5 Å². The Balaban J connectivity index is 1.04. The number of nitrogens with one attached hydrogen (secondary N) is 4. The van der Waals surface area contributed by atoms with E-state index in [0.29, 0.717) is 77.4 Å². The number of nitrogens with zero attached hydrogens (tertiary/aromatic N) is 3. The number of hydrogen-bond donors (Lipinski definition) is 5. The van der Waals surface area contributed by atoms with E-state index in [9.17, 15) is 28.8 Å². The van der Waals surface area contributed by atoms with Crippen LogP contribution in [0, 0.1) is 5.92 Å². The number of hydrogen-bond acceptors (Lipinski definition) is 14. The Kier molecular flexibility index (Phi) is 20.7. The van der Waals surface area contributed by atoms with Gasteiger partial charge in [-0.1, -0.05) is 85.3 Å². The summed E-state index contributed by atoms with van der Waals surface area (Å²) in [6.45, 7) is 17.4. The van der Waals surface area contributed by atoms with Crippen molar-refractivity contribution in [3.05, 3.63) is 131 Å². The quantitative estimate of drug-likeness (QED) is 0.00939. The second-order valence-electron chi connectivity index (χ2n) is 21.2. The van der Waals surface area contributed by atoms with E-state index in [1.807, 2.05) is 89.2 Å². The van der Waals surface area contributed by atoms with Crippen LogP contribution in [-0.4, -0.2) is 96.6 Å². The summed E-state index contributed by atoms with van der Waals surface area (Å²) < 4.78 is 17.2. The third-order valence-electron chi connectivity index (χ3n) is 14.0. The Hall–Kier alpha value is -7.13. The van der Waals surface area contributed by atoms with Gasteiger partial charge in [0.2, 0.25) is 23.6 Å². The minimum Gasteiger partial charge on any atom is -0.501 e. The molecule has 3 aliphatic heterocycles. The van der Waals surface area contributed by atoms with Crippen molar-refractivity contribution in [2.45, 2.75) is 134 Å². The molecule has 6 N–H and O–H groups in total. The Morgan fingerprint density at radius 3 is 2.25 bits per heavy atom. The minimum absolute atomic E-state index is 0.00972. The van der Waals surface area contributed by atoms with Crippen molar-refractivity contribution in [1.29, 1.82) is 0 Å². The lowest BCUT2D eigenvalue weighted by Crippen LogP contribution is -2.53. The third-order valence-corrected chi connectivity index (χ3v) is 17.9. The van der Waals surface area contributed by atoms with E-state index in [4.69, 9.17) is 29.8 Å². The molecule has 18 nitrogen and oxygen atoms in total. The monoisotopic (exact) mass is 1130 g/mol. The highest BCUT2D eigenvalue weighted by molar-refractivity contribution is 8.77. The van der Waals surface area contributed by atoms with Gasteiger partial charge in [-0.2, -0.15) is 0 Å². The van der Waals surface area contributed by atoms with E-state index in [-0.39, 0.29) is 83.4 Å². The number of carbonyl (C=O) groups excluding carboxylic acids is 6. The summed E-state index contributed by atoms with van der Waals surface area (Å²) in [5.41, 5.74) is 14.9. The summed E-state index contributed by atoms with van der Waals surface area (Å²) in [6.07, 6.45) is 6.33. The topological polar surface area (TPSA) is 232 Å². The number of anilines is 3. The Labute approximate surface area is 476 Å². The number of para-hydroxylation sites is 2. The van der Waals surface area contributed by atoms with Crippen molar-refractivity contribution in [3.63, 3.8) is 0 Å². The SMILES string of the molecule is C=C(/C=C(\C)OC)C(=O)N1c2ccccc2C[C@H]1CNOCc1cc(COc2cc3c(cc2OC)C(=O)N2c4ccccc4C[C@H]2C=N3)cc(NC(=O)[C@H](C)NC(=O)[C@@H](NC(=O)CCC(C)(C)SSC(C)CCC(N)=O)C(C)C)c1. The second-order valence-corrected chi connectivity index (χ2v) is 24.6. The molecule has 6 amide bonds. The molecule has 0 spiro atoms. The van der Waals surface area contributed by atoms with Crippen LogP contribution in [0.15, 0.2) is 108 Å². The molecule has 7 rings (SSSR count). The average Bonchev–Trinajstić information content (AvgIpc) is 4.12. The van der Waals surface area contributed by atoms with Gasteiger partial charge in [0.1, 0.15) is 18.7 Å². The molecule has 80 heavy (non-hydrogen) atoms. The molecule has 0 saturated heterocycles. The molecule has 0 aliphatic carbocycles. The largest absolute Gasteiger partial charge is 0.501 e. The van der Waals surface area contributed by atoms with Gasteiger partial charge in [-0.15, -0.1) is 0 Å². The van der Waals surface area contributed by atoms with Gasteiger partial charge in [-0.25, -0.2) is 5.48 Å². The molecule has 426 valence electrons. The van der Waals surface area contributed by atoms with E-state index in [0.717, 1.165) is 22.5 Å². The molecule has 5 atom stereocenters. The molecule has 3 heterocycles. The van der Waals surface area contributed by atoms with Gasteiger partial charge in [-0.05, 0) is 118 Å². The summed E-state index contributed by atoms with van der Waals surface area (Å²) in [6, 6.07) is 21.8. The maximum atomic E-state index is 14.1. The maximum Gasteiger partial charge on any atom is 0.261 e. The van der Waals surface area contributed by atoms with Crippen LogP contribution >= 0.6 is 21.6 Å². The first kappa shape index (κ1) is 60.5. The molecular weight excluding hydrogens is 1060 g/mol. The first-order valence-corrected chi connectivity index (χ1v) is 29.0. The van der Waals surface area contributed by atoms with Crippen LogP contribution in [0.2, 0.25) is 0 Å². The van der Waals surface area contributed by atoms with Crippen LogP contribution < -0.4 is 46.4 Å². The van der Waals surface area contributed by atoms with Gasteiger partial charge in [-0.3, -0.25) is 43.5 Å². The standard InChI is InChI=1S/C60H74N8O10S2/c1-35(2)55(66-54(70)21-22-60(7,8)80-79-38(5)19-20-53(61)69)57(72)64-39(6)56(71)65-44-25-40(33-77-52-30-48-47(29-51(52)76-10)59(74)68-45(31-62-48)27-42-15-12-14-18-50(42)68)24-41(26-44)34-78-63-32-46-28-43-16-11-13-17-49(43)67(46)58(73)36(3)23-37(4)75-9/h11-18,23-26,29-31,35,38-39,45-46,55,63H,3,19-22,27-28,32-34H2,1-2,4-10H3,(H2,61,69)(H,64,72)(H,65,71)(H,66,70)/b37-23+/t38?,39-,45-,46-,55-/m0/s1. The smallest absolute Gasteiger partial charge is 0.261 e. The van der Waals surface area contributed by atoms with Crippen LogP contribution in [0.1, 0.15) is 107 Å². The van der Waals surface area contributed by atoms with Crippen molar-refractivity contribution < 1.29 is 47.8 Å². The van der Waals surface area contributed by atoms with E-state index >= 15 is 0 Å². The molecule has 0 fully saturated rings. The van der Waals surface area contributed by atoms with Gasteiger partial charge in [0.05, 0.1) is 49.9 Å². The minimum atomic E-state index is -1.02. The van der Waals surface area contributed by atoms with Crippen LogP contribution in [-0.2, 0) is 59.6 Å². The zero-order chi connectivity index (χ0) is 57.8. The number of primary amides is 1. The fourth-order valence-electron chi connectivity index (χ4n) is 9.52. The number of carbonyl (C=O) groups is 6. The van der Waals surface area contributed by atoms with E-state index < -0.39 is 23.9 Å². The van der Waals surface area contributed by atoms with Crippen molar-refractivity contribution in [2.75, 3.05) is 35.9 Å². The van der Waals surface area contributed by atoms with Crippen molar-refractivity contribution in [1.82, 2.24) is 16.1 Å². The molecule has 20 heteroatoms. The lowest BCUT2D eigenvalue weighted by Gasteiger charge is -2.26. The predicted octanol–water partition coefficient (Wildman–Crippen LogP) is 8.83. The second kappa shape index (κ2) is 27.4. The molecule has 0 bridgehead atoms. The van der Waals surface area contributed by atoms with Gasteiger partial charge in [0.15, 0.2) is 11.5 Å². The maximum absolute atomic E-state index is 14.1. The van der Waals surface area contributed by atoms with Crippen LogP contribution in [0.4, 0.5) is 22.7 Å². The zero-order valence-electron chi connectivity index (χ0n) is 47.0. The first-order valence-electron chi connectivity index (χ1n) is 26.8. The predicted molar refractivity (Wildman–Crippen MR) is 316 cm³/mol. The number of aliphatic imine (C=N–C) groups is 1. The summed E-state index contributed by atoms with van der Waals surface area (Å²) in [5, 5.41) is 8.83. The molecule has 0 saturated carbocycles. The number of nitrogens with two attached hydrogens (primary N) is 1. The lowest BCUT2D eigenvalue weighted by atomic mass is 10.0. The number of allylic oxidation sites excluding steroid dienone is 1. The summed E-state index contributed by atoms with van der Waals surface area (Å²) in [4.78, 5) is 94.5. The highest BCUT2D eigenvalue weighted by Gasteiger charge is 2.38. The van der Waals surface area contributed by atoms with E-state index in [2.05, 4.69) is 28.0 Å². The Bertz CT molecular complexity index is 3040. The fraction of sp³-hybridized carbons (Fsp3) is 0.417. The Morgan fingerprint density at radius 2 is 1.56 bits per heavy atom. The number of ether oxygens (including phenoxy) is 3. The number of methoxy groups -OCH3 is 2. The van der Waals surface area contributed by atoms with Crippen LogP contribution in [0.25, 0.3) is 0 Å². The number of fused-ring (bicyclic) bond motifs is 5. The van der Waals surface area contributed by atoms with Crippen molar-refractivity contribution in [2.24, 2.45) is 16.6 Å². The van der Waals surface area contributed by atoms with Crippen LogP contribution in [0.3, 0.4) is 0 Å². The summed E-state index contributed by atoms with van der Waals surface area (Å²) in [5.74, 6) is -1.17. The average molecular weight is 1130 g/mol. The van der Waals surface area contributed by atoms with E-state index in [1.54, 1.807) is 81.8 Å². The molecule has 1 unspecified atom stereocenters. The van der Waals surface area contributed by atoms with Gasteiger partial charge < -0.3 is 40.8 Å². The summed E-state index contributed by atoms with van der Waals surface area (Å²) in [7, 11) is 6.34. The molecule has 4 aromatic carbocycles. The molecule has 0 radical (unpaired) electrons. The first-order chi connectivity index (χ1) is 38.1. The fourth-order valence-corrected chi connectivity index (χ4v) is 12.2. The lowest BCUT2D eigenvalue weighted by molar-refractivity contribution is -0.131. The van der Waals surface area contributed by atoms with E-state index in [1.165, 1.54) is 14.2 Å². The molecular formula is C60H74N8O10S2. The number of benzene rings is 4. The Morgan fingerprint density at radius 1 is 0.875 bits per heavy atom. The van der Waals surface area contributed by atoms with Crippen molar-refractivity contribution >= 4 is 86.0 Å². The van der Waals surface area contributed by atoms with Gasteiger partial charge in [0.25, 0.3) is 11.8 Å². The summed E-state index contributed by atoms with van der Waals surface area (Å²) >= 11 is 0. The highest BCUT2D eigenvalue weighted by Crippen LogP contribution is 2.43. The number of hydroxylamine groups is 1. The number of rotatable bonds is 27. The third kappa shape index (κ3) is 15.6. The van der Waals surface area contributed by atoms with Crippen LogP contribution in [0.5, 0.6) is 11.5 Å². The zero-order valence-corrected chi connectivity index (χ0v) is 48.6. The molecule has 0 aromatic heterocycles. The van der Waals surface area contributed by atoms with Gasteiger partial charge >= 0.3 is 0 Å². The van der Waals surface area contributed by atoms with Gasteiger partial charge in [0, 0.05) is 70.7 Å².